The minimum absolute atomic E-state index is 0.562. The van der Waals surface area contributed by atoms with Crippen LogP contribution in [0.3, 0.4) is 0 Å². The molecule has 0 saturated carbocycles. The normalized spacial score (nSPS) is 10.3. The first-order chi connectivity index (χ1) is 9.20. The van der Waals surface area contributed by atoms with Gasteiger partial charge in [0.2, 0.25) is 0 Å². The van der Waals surface area contributed by atoms with Crippen molar-refractivity contribution in [3.05, 3.63) is 53.2 Å². The molecule has 3 heteroatoms. The highest BCUT2D eigenvalue weighted by atomic mass is 16.5. The van der Waals surface area contributed by atoms with Gasteiger partial charge in [0.05, 0.1) is 0 Å². The number of nitrogens with zero attached hydrogens (tertiary/aromatic N) is 1. The highest BCUT2D eigenvalue weighted by Crippen LogP contribution is 2.23. The molecule has 0 radical (unpaired) electrons. The predicted octanol–water partition coefficient (Wildman–Crippen LogP) is 3.71. The third-order valence-electron chi connectivity index (χ3n) is 2.97. The molecular formula is C16H20N2O. The van der Waals surface area contributed by atoms with Gasteiger partial charge in [0, 0.05) is 12.7 Å². The van der Waals surface area contributed by atoms with Crippen LogP contribution in [-0.2, 0) is 6.61 Å². The zero-order valence-electron chi connectivity index (χ0n) is 11.7. The van der Waals surface area contributed by atoms with Gasteiger partial charge in [0.15, 0.2) is 0 Å². The van der Waals surface area contributed by atoms with Crippen molar-refractivity contribution in [1.82, 2.24) is 4.98 Å². The van der Waals surface area contributed by atoms with Crippen LogP contribution in [0.15, 0.2) is 36.5 Å². The van der Waals surface area contributed by atoms with Gasteiger partial charge in [-0.3, -0.25) is 0 Å². The van der Waals surface area contributed by atoms with Gasteiger partial charge in [0.1, 0.15) is 18.2 Å². The van der Waals surface area contributed by atoms with E-state index >= 15 is 0 Å². The summed E-state index contributed by atoms with van der Waals surface area (Å²) in [6.45, 7) is 7.63. The number of benzene rings is 1. The van der Waals surface area contributed by atoms with Gasteiger partial charge < -0.3 is 10.1 Å². The first-order valence-electron chi connectivity index (χ1n) is 6.58. The Morgan fingerprint density at radius 2 is 1.89 bits per heavy atom. The van der Waals surface area contributed by atoms with E-state index < -0.39 is 0 Å². The Morgan fingerprint density at radius 3 is 2.58 bits per heavy atom. The fourth-order valence-corrected chi connectivity index (χ4v) is 2.02. The minimum atomic E-state index is 0.562. The van der Waals surface area contributed by atoms with Gasteiger partial charge in [-0.15, -0.1) is 0 Å². The Balaban J connectivity index is 2.08. The highest BCUT2D eigenvalue weighted by Gasteiger charge is 2.04. The standard InChI is InChI=1S/C16H20N2O/c1-4-17-15-10-14(8-9-18-15)11-19-16-12(2)6-5-7-13(16)3/h5-10H,4,11H2,1-3H3,(H,17,18). The van der Waals surface area contributed by atoms with E-state index in [9.17, 15) is 0 Å². The zero-order valence-corrected chi connectivity index (χ0v) is 11.7. The zero-order chi connectivity index (χ0) is 13.7. The molecule has 0 aliphatic carbocycles. The van der Waals surface area contributed by atoms with Crippen LogP contribution in [0.2, 0.25) is 0 Å². The Hall–Kier alpha value is -2.03. The molecule has 19 heavy (non-hydrogen) atoms. The minimum Gasteiger partial charge on any atom is -0.488 e. The van der Waals surface area contributed by atoms with Gasteiger partial charge in [-0.1, -0.05) is 18.2 Å². The lowest BCUT2D eigenvalue weighted by Crippen LogP contribution is -2.02. The molecule has 0 unspecified atom stereocenters. The number of aromatic nitrogens is 1. The lowest BCUT2D eigenvalue weighted by molar-refractivity contribution is 0.302. The van der Waals surface area contributed by atoms with Crippen LogP contribution in [0.25, 0.3) is 0 Å². The maximum absolute atomic E-state index is 5.93. The monoisotopic (exact) mass is 256 g/mol. The summed E-state index contributed by atoms with van der Waals surface area (Å²) in [5.74, 6) is 1.87. The van der Waals surface area contributed by atoms with E-state index in [2.05, 4.69) is 43.2 Å². The first kappa shape index (κ1) is 13.4. The molecule has 2 rings (SSSR count). The van der Waals surface area contributed by atoms with Crippen molar-refractivity contribution in [3.63, 3.8) is 0 Å². The number of anilines is 1. The second kappa shape index (κ2) is 6.23. The Morgan fingerprint density at radius 1 is 1.16 bits per heavy atom. The maximum Gasteiger partial charge on any atom is 0.126 e. The van der Waals surface area contributed by atoms with Crippen LogP contribution in [-0.4, -0.2) is 11.5 Å². The van der Waals surface area contributed by atoms with Crippen molar-refractivity contribution in [2.45, 2.75) is 27.4 Å². The van der Waals surface area contributed by atoms with Crippen molar-refractivity contribution < 1.29 is 4.74 Å². The number of hydrogen-bond donors (Lipinski definition) is 1. The molecule has 0 atom stereocenters. The molecular weight excluding hydrogens is 236 g/mol. The molecule has 3 nitrogen and oxygen atoms in total. The lowest BCUT2D eigenvalue weighted by atomic mass is 10.1. The molecule has 0 aliphatic rings. The molecule has 1 heterocycles. The van der Waals surface area contributed by atoms with Crippen molar-refractivity contribution in [3.8, 4) is 5.75 Å². The summed E-state index contributed by atoms with van der Waals surface area (Å²) in [4.78, 5) is 4.25. The van der Waals surface area contributed by atoms with Crippen molar-refractivity contribution in [1.29, 1.82) is 0 Å². The number of para-hydroxylation sites is 1. The quantitative estimate of drug-likeness (QED) is 0.885. The number of pyridine rings is 1. The van der Waals surface area contributed by atoms with E-state index in [1.165, 1.54) is 11.1 Å². The smallest absolute Gasteiger partial charge is 0.126 e. The van der Waals surface area contributed by atoms with Crippen LogP contribution in [0.5, 0.6) is 5.75 Å². The summed E-state index contributed by atoms with van der Waals surface area (Å²) in [5, 5.41) is 3.20. The largest absolute Gasteiger partial charge is 0.488 e. The maximum atomic E-state index is 5.93. The third-order valence-corrected chi connectivity index (χ3v) is 2.97. The van der Waals surface area contributed by atoms with Gasteiger partial charge in [-0.05, 0) is 49.6 Å². The van der Waals surface area contributed by atoms with Crippen molar-refractivity contribution in [2.24, 2.45) is 0 Å². The lowest BCUT2D eigenvalue weighted by Gasteiger charge is -2.12. The molecule has 0 fully saturated rings. The SMILES string of the molecule is CCNc1cc(COc2c(C)cccc2C)ccn1. The second-order valence-electron chi connectivity index (χ2n) is 4.59. The molecule has 1 aromatic heterocycles. The predicted molar refractivity (Wildman–Crippen MR) is 78.6 cm³/mol. The number of rotatable bonds is 5. The molecule has 0 spiro atoms. The van der Waals surface area contributed by atoms with Crippen LogP contribution in [0, 0.1) is 13.8 Å². The Bertz CT molecular complexity index is 532. The Kier molecular flexibility index (Phi) is 4.39. The summed E-state index contributed by atoms with van der Waals surface area (Å²) < 4.78 is 5.93. The number of ether oxygens (including phenoxy) is 1. The topological polar surface area (TPSA) is 34.1 Å². The average Bonchev–Trinajstić information content (AvgIpc) is 2.39. The molecule has 0 bridgehead atoms. The van der Waals surface area contributed by atoms with Crippen molar-refractivity contribution in [2.75, 3.05) is 11.9 Å². The summed E-state index contributed by atoms with van der Waals surface area (Å²) in [5.41, 5.74) is 3.45. The number of hydrogen-bond acceptors (Lipinski definition) is 3. The molecule has 0 amide bonds. The average molecular weight is 256 g/mol. The first-order valence-corrected chi connectivity index (χ1v) is 6.58. The van der Waals surface area contributed by atoms with E-state index in [-0.39, 0.29) is 0 Å². The van der Waals surface area contributed by atoms with E-state index in [4.69, 9.17) is 4.74 Å². The third kappa shape index (κ3) is 3.47. The van der Waals surface area contributed by atoms with Gasteiger partial charge in [-0.25, -0.2) is 4.98 Å². The summed E-state index contributed by atoms with van der Waals surface area (Å²) in [7, 11) is 0. The van der Waals surface area contributed by atoms with Crippen LogP contribution < -0.4 is 10.1 Å². The fraction of sp³-hybridized carbons (Fsp3) is 0.312. The van der Waals surface area contributed by atoms with Gasteiger partial charge in [0.25, 0.3) is 0 Å². The van der Waals surface area contributed by atoms with Crippen LogP contribution in [0.4, 0.5) is 5.82 Å². The number of nitrogens with one attached hydrogen (secondary N) is 1. The van der Waals surface area contributed by atoms with Gasteiger partial charge in [-0.2, -0.15) is 0 Å². The molecule has 2 aromatic rings. The molecule has 1 aromatic carbocycles. The Labute approximate surface area is 114 Å². The summed E-state index contributed by atoms with van der Waals surface area (Å²) in [6, 6.07) is 10.2. The van der Waals surface area contributed by atoms with Crippen molar-refractivity contribution >= 4 is 5.82 Å². The molecule has 100 valence electrons. The molecule has 0 saturated heterocycles. The molecule has 0 aliphatic heterocycles. The molecule has 1 N–H and O–H groups in total. The summed E-state index contributed by atoms with van der Waals surface area (Å²) in [6.07, 6.45) is 1.81. The van der Waals surface area contributed by atoms with Gasteiger partial charge >= 0.3 is 0 Å². The van der Waals surface area contributed by atoms with Crippen LogP contribution in [0.1, 0.15) is 23.6 Å². The van der Waals surface area contributed by atoms with Crippen LogP contribution >= 0.6 is 0 Å². The van der Waals surface area contributed by atoms with E-state index in [0.717, 1.165) is 23.7 Å². The fourth-order valence-electron chi connectivity index (χ4n) is 2.02. The van der Waals surface area contributed by atoms with E-state index in [0.29, 0.717) is 6.61 Å². The summed E-state index contributed by atoms with van der Waals surface area (Å²) >= 11 is 0. The second-order valence-corrected chi connectivity index (χ2v) is 4.59. The number of aryl methyl sites for hydroxylation is 2. The van der Waals surface area contributed by atoms with E-state index in [1.807, 2.05) is 18.2 Å². The van der Waals surface area contributed by atoms with E-state index in [1.54, 1.807) is 6.20 Å². The highest BCUT2D eigenvalue weighted by molar-refractivity contribution is 5.41.